The minimum Gasteiger partial charge on any atom is -0.317 e. The van der Waals surface area contributed by atoms with Gasteiger partial charge >= 0.3 is 0 Å². The number of rotatable bonds is 8. The molecule has 0 saturated carbocycles. The third-order valence-electron chi connectivity index (χ3n) is 4.03. The fourth-order valence-corrected chi connectivity index (χ4v) is 3.02. The van der Waals surface area contributed by atoms with E-state index in [2.05, 4.69) is 31.0 Å². The van der Waals surface area contributed by atoms with Crippen LogP contribution in [0.25, 0.3) is 0 Å². The van der Waals surface area contributed by atoms with E-state index in [0.717, 1.165) is 12.1 Å². The SMILES string of the molecule is CCCNCCC(C)N1CCCCC1CCC. The molecule has 0 aromatic carbocycles. The van der Waals surface area contributed by atoms with Crippen molar-refractivity contribution in [3.05, 3.63) is 0 Å². The zero-order valence-corrected chi connectivity index (χ0v) is 12.2. The monoisotopic (exact) mass is 240 g/mol. The first kappa shape index (κ1) is 15.0. The highest BCUT2D eigenvalue weighted by Crippen LogP contribution is 2.23. The van der Waals surface area contributed by atoms with Crippen molar-refractivity contribution in [1.29, 1.82) is 0 Å². The Bertz CT molecular complexity index is 180. The van der Waals surface area contributed by atoms with Gasteiger partial charge in [0.15, 0.2) is 0 Å². The molecule has 0 aromatic heterocycles. The lowest BCUT2D eigenvalue weighted by Gasteiger charge is -2.40. The Hall–Kier alpha value is -0.0800. The molecule has 2 heteroatoms. The van der Waals surface area contributed by atoms with Gasteiger partial charge in [0.25, 0.3) is 0 Å². The van der Waals surface area contributed by atoms with Gasteiger partial charge in [0.2, 0.25) is 0 Å². The molecule has 0 aromatic rings. The van der Waals surface area contributed by atoms with Crippen LogP contribution >= 0.6 is 0 Å². The summed E-state index contributed by atoms with van der Waals surface area (Å²) in [6.45, 7) is 10.7. The summed E-state index contributed by atoms with van der Waals surface area (Å²) in [7, 11) is 0. The second kappa shape index (κ2) is 8.93. The molecule has 1 heterocycles. The van der Waals surface area contributed by atoms with E-state index in [1.165, 1.54) is 64.6 Å². The van der Waals surface area contributed by atoms with Gasteiger partial charge in [0.05, 0.1) is 0 Å². The fraction of sp³-hybridized carbons (Fsp3) is 1.00. The molecule has 1 aliphatic rings. The van der Waals surface area contributed by atoms with Gasteiger partial charge in [-0.05, 0) is 58.7 Å². The van der Waals surface area contributed by atoms with E-state index >= 15 is 0 Å². The van der Waals surface area contributed by atoms with Crippen LogP contribution in [0.5, 0.6) is 0 Å². The zero-order valence-electron chi connectivity index (χ0n) is 12.2. The molecule has 0 radical (unpaired) electrons. The van der Waals surface area contributed by atoms with Crippen molar-refractivity contribution in [1.82, 2.24) is 10.2 Å². The minimum atomic E-state index is 0.760. The molecule has 0 spiro atoms. The van der Waals surface area contributed by atoms with Gasteiger partial charge in [-0.25, -0.2) is 0 Å². The molecule has 1 N–H and O–H groups in total. The van der Waals surface area contributed by atoms with Crippen molar-refractivity contribution >= 4 is 0 Å². The number of hydrogen-bond donors (Lipinski definition) is 1. The van der Waals surface area contributed by atoms with Crippen LogP contribution < -0.4 is 5.32 Å². The van der Waals surface area contributed by atoms with Gasteiger partial charge in [0, 0.05) is 12.1 Å². The van der Waals surface area contributed by atoms with Gasteiger partial charge in [-0.15, -0.1) is 0 Å². The Kier molecular flexibility index (Phi) is 7.87. The summed E-state index contributed by atoms with van der Waals surface area (Å²) in [5, 5.41) is 3.53. The Morgan fingerprint density at radius 2 is 2.00 bits per heavy atom. The fourth-order valence-electron chi connectivity index (χ4n) is 3.02. The molecular formula is C15H32N2. The Balaban J connectivity index is 2.28. The molecular weight excluding hydrogens is 208 g/mol. The van der Waals surface area contributed by atoms with Crippen molar-refractivity contribution in [2.45, 2.75) is 77.8 Å². The minimum absolute atomic E-state index is 0.760. The highest BCUT2D eigenvalue weighted by atomic mass is 15.2. The normalized spacial score (nSPS) is 23.8. The molecule has 1 saturated heterocycles. The van der Waals surface area contributed by atoms with E-state index in [1.807, 2.05) is 0 Å². The molecule has 1 rings (SSSR count). The number of likely N-dealkylation sites (tertiary alicyclic amines) is 1. The van der Waals surface area contributed by atoms with Gasteiger partial charge < -0.3 is 5.32 Å². The molecule has 1 aliphatic heterocycles. The van der Waals surface area contributed by atoms with E-state index in [1.54, 1.807) is 0 Å². The van der Waals surface area contributed by atoms with Crippen molar-refractivity contribution in [2.24, 2.45) is 0 Å². The predicted molar refractivity (Wildman–Crippen MR) is 76.5 cm³/mol. The van der Waals surface area contributed by atoms with Crippen LogP contribution in [-0.4, -0.2) is 36.6 Å². The Morgan fingerprint density at radius 3 is 2.71 bits per heavy atom. The summed E-state index contributed by atoms with van der Waals surface area (Å²) in [6.07, 6.45) is 9.57. The summed E-state index contributed by atoms with van der Waals surface area (Å²) < 4.78 is 0. The Labute approximate surface area is 108 Å². The lowest BCUT2D eigenvalue weighted by molar-refractivity contribution is 0.0919. The molecule has 0 aliphatic carbocycles. The third kappa shape index (κ3) is 5.39. The summed E-state index contributed by atoms with van der Waals surface area (Å²) >= 11 is 0. The molecule has 2 unspecified atom stereocenters. The summed E-state index contributed by atoms with van der Waals surface area (Å²) in [6, 6.07) is 1.63. The second-order valence-electron chi connectivity index (χ2n) is 5.56. The van der Waals surface area contributed by atoms with Crippen LogP contribution in [0.2, 0.25) is 0 Å². The van der Waals surface area contributed by atoms with Gasteiger partial charge in [-0.3, -0.25) is 4.90 Å². The maximum atomic E-state index is 3.53. The number of nitrogens with zero attached hydrogens (tertiary/aromatic N) is 1. The maximum Gasteiger partial charge on any atom is 0.00979 e. The summed E-state index contributed by atoms with van der Waals surface area (Å²) in [4.78, 5) is 2.78. The van der Waals surface area contributed by atoms with Crippen LogP contribution in [-0.2, 0) is 0 Å². The Morgan fingerprint density at radius 1 is 1.18 bits per heavy atom. The highest BCUT2D eigenvalue weighted by Gasteiger charge is 2.25. The van der Waals surface area contributed by atoms with E-state index < -0.39 is 0 Å². The van der Waals surface area contributed by atoms with E-state index in [4.69, 9.17) is 0 Å². The standard InChI is InChI=1S/C15H32N2/c1-4-8-15-9-6-7-13-17(15)14(3)10-12-16-11-5-2/h14-16H,4-13H2,1-3H3. The topological polar surface area (TPSA) is 15.3 Å². The van der Waals surface area contributed by atoms with Crippen LogP contribution in [0.1, 0.15) is 65.7 Å². The van der Waals surface area contributed by atoms with Gasteiger partial charge in [-0.2, -0.15) is 0 Å². The van der Waals surface area contributed by atoms with Crippen molar-refractivity contribution in [3.63, 3.8) is 0 Å². The first-order chi connectivity index (χ1) is 8.29. The van der Waals surface area contributed by atoms with Crippen molar-refractivity contribution in [3.8, 4) is 0 Å². The lowest BCUT2D eigenvalue weighted by Crippen LogP contribution is -2.45. The molecule has 0 amide bonds. The van der Waals surface area contributed by atoms with Crippen molar-refractivity contribution in [2.75, 3.05) is 19.6 Å². The molecule has 17 heavy (non-hydrogen) atoms. The summed E-state index contributed by atoms with van der Waals surface area (Å²) in [5.74, 6) is 0. The molecule has 0 bridgehead atoms. The van der Waals surface area contributed by atoms with Crippen LogP contribution in [0.15, 0.2) is 0 Å². The highest BCUT2D eigenvalue weighted by molar-refractivity contribution is 4.81. The number of hydrogen-bond acceptors (Lipinski definition) is 2. The summed E-state index contributed by atoms with van der Waals surface area (Å²) in [5.41, 5.74) is 0. The van der Waals surface area contributed by atoms with Gasteiger partial charge in [-0.1, -0.05) is 26.7 Å². The zero-order chi connectivity index (χ0) is 12.5. The molecule has 1 fully saturated rings. The number of nitrogens with one attached hydrogen (secondary N) is 1. The van der Waals surface area contributed by atoms with E-state index in [9.17, 15) is 0 Å². The molecule has 2 atom stereocenters. The van der Waals surface area contributed by atoms with E-state index in [-0.39, 0.29) is 0 Å². The smallest absolute Gasteiger partial charge is 0.00979 e. The predicted octanol–water partition coefficient (Wildman–Crippen LogP) is 3.42. The average molecular weight is 240 g/mol. The molecule has 102 valence electrons. The van der Waals surface area contributed by atoms with Crippen LogP contribution in [0.3, 0.4) is 0 Å². The lowest BCUT2D eigenvalue weighted by atomic mass is 9.96. The second-order valence-corrected chi connectivity index (χ2v) is 5.56. The quantitative estimate of drug-likeness (QED) is 0.654. The first-order valence-corrected chi connectivity index (χ1v) is 7.76. The third-order valence-corrected chi connectivity index (χ3v) is 4.03. The van der Waals surface area contributed by atoms with Crippen LogP contribution in [0, 0.1) is 0 Å². The van der Waals surface area contributed by atoms with Crippen molar-refractivity contribution < 1.29 is 0 Å². The first-order valence-electron chi connectivity index (χ1n) is 7.76. The van der Waals surface area contributed by atoms with E-state index in [0.29, 0.717) is 0 Å². The van der Waals surface area contributed by atoms with Gasteiger partial charge in [0.1, 0.15) is 0 Å². The van der Waals surface area contributed by atoms with Crippen LogP contribution in [0.4, 0.5) is 0 Å². The maximum absolute atomic E-state index is 3.53. The largest absolute Gasteiger partial charge is 0.317 e. The number of piperidine rings is 1. The average Bonchev–Trinajstić information content (AvgIpc) is 2.35. The molecule has 2 nitrogen and oxygen atoms in total.